The van der Waals surface area contributed by atoms with Crippen LogP contribution in [-0.4, -0.2) is 38.4 Å². The number of cyclic esters (lactones) is 1. The topological polar surface area (TPSA) is 79.9 Å². The van der Waals surface area contributed by atoms with Crippen molar-refractivity contribution >= 4 is 35.1 Å². The number of nitrogens with one attached hydrogen (secondary N) is 2. The Bertz CT molecular complexity index is 800. The van der Waals surface area contributed by atoms with Crippen molar-refractivity contribution in [1.29, 1.82) is 0 Å². The van der Waals surface area contributed by atoms with Crippen LogP contribution in [0.25, 0.3) is 0 Å². The van der Waals surface area contributed by atoms with Gasteiger partial charge in [-0.2, -0.15) is 0 Å². The van der Waals surface area contributed by atoms with Crippen LogP contribution in [-0.2, 0) is 4.74 Å². The first-order chi connectivity index (χ1) is 12.6. The smallest absolute Gasteiger partial charge is 0.414 e. The summed E-state index contributed by atoms with van der Waals surface area (Å²) < 4.78 is 10.4. The number of methoxy groups -OCH3 is 1. The summed E-state index contributed by atoms with van der Waals surface area (Å²) in [5, 5.41) is 5.80. The molecular weight excluding hydrogens is 358 g/mol. The highest BCUT2D eigenvalue weighted by Crippen LogP contribution is 2.31. The van der Waals surface area contributed by atoms with E-state index in [9.17, 15) is 9.59 Å². The molecule has 2 aromatic carbocycles. The van der Waals surface area contributed by atoms with E-state index in [4.69, 9.17) is 21.1 Å². The molecule has 26 heavy (non-hydrogen) atoms. The highest BCUT2D eigenvalue weighted by molar-refractivity contribution is 6.32. The van der Waals surface area contributed by atoms with Crippen LogP contribution in [0.3, 0.4) is 0 Å². The summed E-state index contributed by atoms with van der Waals surface area (Å²) in [6.07, 6.45) is -0.939. The van der Waals surface area contributed by atoms with Gasteiger partial charge < -0.3 is 20.1 Å². The van der Waals surface area contributed by atoms with Crippen LogP contribution in [0.1, 0.15) is 0 Å². The van der Waals surface area contributed by atoms with E-state index < -0.39 is 12.2 Å². The fourth-order valence-corrected chi connectivity index (χ4v) is 2.82. The van der Waals surface area contributed by atoms with Crippen molar-refractivity contribution in [2.45, 2.75) is 6.10 Å². The minimum Gasteiger partial charge on any atom is -0.495 e. The highest BCUT2D eigenvalue weighted by Gasteiger charge is 2.32. The van der Waals surface area contributed by atoms with Crippen LogP contribution >= 0.6 is 11.6 Å². The lowest BCUT2D eigenvalue weighted by atomic mass is 10.2. The van der Waals surface area contributed by atoms with Gasteiger partial charge in [0, 0.05) is 11.4 Å². The molecule has 1 fully saturated rings. The standard InChI is InChI=1S/C18H18ClN3O4/c1-25-16-8-7-13(9-15(16)19)22-11-14(26-18(22)24)10-20-17(23)21-12-5-3-2-4-6-12/h2-9,14H,10-11H2,1H3,(H2,20,21,23). The number of para-hydroxylation sites is 1. The molecule has 1 unspecified atom stereocenters. The van der Waals surface area contributed by atoms with Gasteiger partial charge in [0.25, 0.3) is 0 Å². The molecule has 0 spiro atoms. The Hall–Kier alpha value is -2.93. The van der Waals surface area contributed by atoms with Gasteiger partial charge in [-0.25, -0.2) is 9.59 Å². The predicted octanol–water partition coefficient (Wildman–Crippen LogP) is 3.50. The quantitative estimate of drug-likeness (QED) is 0.838. The fourth-order valence-electron chi connectivity index (χ4n) is 2.57. The van der Waals surface area contributed by atoms with E-state index >= 15 is 0 Å². The molecule has 0 aromatic heterocycles. The fraction of sp³-hybridized carbons (Fsp3) is 0.222. The lowest BCUT2D eigenvalue weighted by Crippen LogP contribution is -2.37. The molecule has 1 aliphatic heterocycles. The third-order valence-electron chi connectivity index (χ3n) is 3.84. The maximum Gasteiger partial charge on any atom is 0.414 e. The second-order valence-corrected chi connectivity index (χ2v) is 6.04. The van der Waals surface area contributed by atoms with E-state index in [1.54, 1.807) is 30.3 Å². The van der Waals surface area contributed by atoms with Crippen molar-refractivity contribution in [3.05, 3.63) is 53.6 Å². The number of ether oxygens (including phenoxy) is 2. The molecule has 1 aliphatic rings. The average molecular weight is 376 g/mol. The molecule has 8 heteroatoms. The van der Waals surface area contributed by atoms with E-state index in [0.29, 0.717) is 28.7 Å². The van der Waals surface area contributed by atoms with Gasteiger partial charge in [0.2, 0.25) is 0 Å². The maximum absolute atomic E-state index is 12.1. The second kappa shape index (κ2) is 7.97. The van der Waals surface area contributed by atoms with E-state index in [1.165, 1.54) is 12.0 Å². The minimum absolute atomic E-state index is 0.199. The Morgan fingerprint density at radius 1 is 1.31 bits per heavy atom. The van der Waals surface area contributed by atoms with Gasteiger partial charge in [0.05, 0.1) is 25.2 Å². The number of amides is 3. The van der Waals surface area contributed by atoms with Gasteiger partial charge in [-0.1, -0.05) is 29.8 Å². The average Bonchev–Trinajstić information content (AvgIpc) is 3.01. The molecule has 1 heterocycles. The molecule has 0 saturated carbocycles. The molecule has 1 atom stereocenters. The molecule has 2 N–H and O–H groups in total. The number of carbonyl (C=O) groups excluding carboxylic acids is 2. The zero-order chi connectivity index (χ0) is 18.5. The first kappa shape index (κ1) is 17.9. The van der Waals surface area contributed by atoms with Gasteiger partial charge in [0.15, 0.2) is 0 Å². The zero-order valence-electron chi connectivity index (χ0n) is 14.1. The van der Waals surface area contributed by atoms with Crippen LogP contribution in [0.2, 0.25) is 5.02 Å². The van der Waals surface area contributed by atoms with Crippen LogP contribution in [0, 0.1) is 0 Å². The SMILES string of the molecule is COc1ccc(N2CC(CNC(=O)Nc3ccccc3)OC2=O)cc1Cl. The first-order valence-corrected chi connectivity index (χ1v) is 8.36. The molecule has 3 rings (SSSR count). The molecule has 1 saturated heterocycles. The molecule has 7 nitrogen and oxygen atoms in total. The summed E-state index contributed by atoms with van der Waals surface area (Å²) in [6, 6.07) is 13.8. The van der Waals surface area contributed by atoms with Gasteiger partial charge >= 0.3 is 12.1 Å². The third kappa shape index (κ3) is 4.18. The van der Waals surface area contributed by atoms with Crippen molar-refractivity contribution in [3.8, 4) is 5.75 Å². The summed E-state index contributed by atoms with van der Waals surface area (Å²) >= 11 is 6.10. The van der Waals surface area contributed by atoms with Crippen LogP contribution in [0.15, 0.2) is 48.5 Å². The summed E-state index contributed by atoms with van der Waals surface area (Å²) in [5.41, 5.74) is 1.29. The monoisotopic (exact) mass is 375 g/mol. The first-order valence-electron chi connectivity index (χ1n) is 7.98. The number of benzene rings is 2. The van der Waals surface area contributed by atoms with Crippen LogP contribution in [0.4, 0.5) is 21.0 Å². The predicted molar refractivity (Wildman–Crippen MR) is 99.1 cm³/mol. The van der Waals surface area contributed by atoms with Crippen molar-refractivity contribution in [3.63, 3.8) is 0 Å². The maximum atomic E-state index is 12.1. The number of halogens is 1. The summed E-state index contributed by atoms with van der Waals surface area (Å²) in [4.78, 5) is 25.5. The number of carbonyl (C=O) groups is 2. The van der Waals surface area contributed by atoms with E-state index in [1.807, 2.05) is 18.2 Å². The van der Waals surface area contributed by atoms with Gasteiger partial charge in [-0.3, -0.25) is 4.90 Å². The molecule has 0 aliphatic carbocycles. The molecular formula is C18H18ClN3O4. The Morgan fingerprint density at radius 3 is 2.77 bits per heavy atom. The summed E-state index contributed by atoms with van der Waals surface area (Å²) in [5.74, 6) is 0.527. The van der Waals surface area contributed by atoms with Crippen molar-refractivity contribution in [2.75, 3.05) is 30.4 Å². The second-order valence-electron chi connectivity index (χ2n) is 5.64. The number of rotatable bonds is 5. The molecule has 0 radical (unpaired) electrons. The Morgan fingerprint density at radius 2 is 2.08 bits per heavy atom. The van der Waals surface area contributed by atoms with Crippen molar-refractivity contribution in [1.82, 2.24) is 5.32 Å². The largest absolute Gasteiger partial charge is 0.495 e. The third-order valence-corrected chi connectivity index (χ3v) is 4.14. The summed E-state index contributed by atoms with van der Waals surface area (Å²) in [6.45, 7) is 0.512. The van der Waals surface area contributed by atoms with Gasteiger partial charge in [-0.05, 0) is 30.3 Å². The number of urea groups is 1. The molecule has 0 bridgehead atoms. The molecule has 3 amide bonds. The highest BCUT2D eigenvalue weighted by atomic mass is 35.5. The lowest BCUT2D eigenvalue weighted by molar-refractivity contribution is 0.141. The Kier molecular flexibility index (Phi) is 5.48. The number of nitrogens with zero attached hydrogens (tertiary/aromatic N) is 1. The number of hydrogen-bond acceptors (Lipinski definition) is 4. The van der Waals surface area contributed by atoms with E-state index in [0.717, 1.165) is 0 Å². The number of hydrogen-bond donors (Lipinski definition) is 2. The number of anilines is 2. The van der Waals surface area contributed by atoms with Gasteiger partial charge in [0.1, 0.15) is 11.9 Å². The van der Waals surface area contributed by atoms with Gasteiger partial charge in [-0.15, -0.1) is 0 Å². The summed E-state index contributed by atoms with van der Waals surface area (Å²) in [7, 11) is 1.52. The van der Waals surface area contributed by atoms with E-state index in [2.05, 4.69) is 10.6 Å². The minimum atomic E-state index is -0.485. The normalized spacial score (nSPS) is 16.2. The van der Waals surface area contributed by atoms with Crippen LogP contribution < -0.4 is 20.3 Å². The molecule has 2 aromatic rings. The Balaban J connectivity index is 1.54. The van der Waals surface area contributed by atoms with Crippen LogP contribution in [0.5, 0.6) is 5.75 Å². The van der Waals surface area contributed by atoms with Crippen molar-refractivity contribution in [2.24, 2.45) is 0 Å². The molecule has 136 valence electrons. The Labute approximate surface area is 155 Å². The van der Waals surface area contributed by atoms with Crippen molar-refractivity contribution < 1.29 is 19.1 Å². The lowest BCUT2D eigenvalue weighted by Gasteiger charge is -2.14. The zero-order valence-corrected chi connectivity index (χ0v) is 14.8. The van der Waals surface area contributed by atoms with E-state index in [-0.39, 0.29) is 12.6 Å².